The lowest BCUT2D eigenvalue weighted by molar-refractivity contribution is 0.0689. The fraction of sp³-hybridized carbons (Fsp3) is 0.423. The first kappa shape index (κ1) is 19.2. The van der Waals surface area contributed by atoms with Gasteiger partial charge >= 0.3 is 5.97 Å². The third-order valence-corrected chi connectivity index (χ3v) is 7.21. The molecule has 0 amide bonds. The van der Waals surface area contributed by atoms with Gasteiger partial charge in [-0.1, -0.05) is 18.2 Å². The van der Waals surface area contributed by atoms with E-state index in [0.717, 1.165) is 49.8 Å². The zero-order valence-electron chi connectivity index (χ0n) is 17.9. The van der Waals surface area contributed by atoms with E-state index >= 15 is 0 Å². The number of carboxylic acids is 1. The molecule has 0 fully saturated rings. The van der Waals surface area contributed by atoms with Crippen molar-refractivity contribution in [3.8, 4) is 0 Å². The van der Waals surface area contributed by atoms with Gasteiger partial charge in [0.15, 0.2) is 0 Å². The van der Waals surface area contributed by atoms with Crippen molar-refractivity contribution in [1.82, 2.24) is 9.97 Å². The summed E-state index contributed by atoms with van der Waals surface area (Å²) in [5.74, 6) is -0.818. The van der Waals surface area contributed by atoms with Gasteiger partial charge in [0.2, 0.25) is 0 Å². The van der Waals surface area contributed by atoms with Gasteiger partial charge < -0.3 is 15.1 Å². The zero-order chi connectivity index (χ0) is 20.8. The molecule has 2 aromatic heterocycles. The van der Waals surface area contributed by atoms with Crippen LogP contribution in [0.3, 0.4) is 0 Å². The van der Waals surface area contributed by atoms with Crippen molar-refractivity contribution in [2.24, 2.45) is 0 Å². The predicted molar refractivity (Wildman–Crippen MR) is 119 cm³/mol. The maximum atomic E-state index is 12.1. The summed E-state index contributed by atoms with van der Waals surface area (Å²) < 4.78 is 0. The van der Waals surface area contributed by atoms with Crippen LogP contribution in [-0.4, -0.2) is 21.0 Å². The number of fused-ring (bicyclic) bond motifs is 2. The number of hydrogen-bond donors (Lipinski definition) is 3. The van der Waals surface area contributed by atoms with E-state index in [0.29, 0.717) is 5.69 Å². The van der Waals surface area contributed by atoms with Crippen molar-refractivity contribution >= 4 is 5.97 Å². The zero-order valence-corrected chi connectivity index (χ0v) is 17.9. The molecule has 156 valence electrons. The minimum atomic E-state index is -0.840. The molecular formula is C26H30N2O2. The van der Waals surface area contributed by atoms with Crippen LogP contribution >= 0.6 is 0 Å². The molecule has 2 aliphatic rings. The van der Waals surface area contributed by atoms with Crippen molar-refractivity contribution in [2.75, 3.05) is 0 Å². The lowest BCUT2D eigenvalue weighted by Crippen LogP contribution is -2.14. The van der Waals surface area contributed by atoms with Crippen molar-refractivity contribution in [1.29, 1.82) is 0 Å². The minimum Gasteiger partial charge on any atom is -0.477 e. The number of carbonyl (C=O) groups is 1. The molecule has 2 aliphatic carbocycles. The molecule has 0 saturated heterocycles. The van der Waals surface area contributed by atoms with Crippen molar-refractivity contribution in [3.05, 3.63) is 80.4 Å². The fourth-order valence-electron chi connectivity index (χ4n) is 5.81. The summed E-state index contributed by atoms with van der Waals surface area (Å²) in [6.07, 6.45) is 10.9. The molecule has 0 bridgehead atoms. The first-order valence-corrected chi connectivity index (χ1v) is 11.3. The number of rotatable bonds is 4. The van der Waals surface area contributed by atoms with Gasteiger partial charge in [-0.3, -0.25) is 0 Å². The number of carboxylic acid groups (broad SMARTS) is 1. The smallest absolute Gasteiger partial charge is 0.352 e. The fourth-order valence-corrected chi connectivity index (χ4v) is 5.81. The second kappa shape index (κ2) is 7.50. The lowest BCUT2D eigenvalue weighted by Gasteiger charge is -2.25. The molecule has 4 nitrogen and oxygen atoms in total. The molecule has 1 atom stereocenters. The molecule has 3 N–H and O–H groups in total. The Hall–Kier alpha value is -2.75. The Kier molecular flexibility index (Phi) is 4.80. The van der Waals surface area contributed by atoms with Crippen LogP contribution in [0.1, 0.15) is 92.4 Å². The highest BCUT2D eigenvalue weighted by Crippen LogP contribution is 2.43. The van der Waals surface area contributed by atoms with Crippen LogP contribution in [0, 0.1) is 13.8 Å². The van der Waals surface area contributed by atoms with Crippen LogP contribution in [0.4, 0.5) is 0 Å². The largest absolute Gasteiger partial charge is 0.477 e. The van der Waals surface area contributed by atoms with Gasteiger partial charge in [0.05, 0.1) is 5.92 Å². The summed E-state index contributed by atoms with van der Waals surface area (Å²) in [6.45, 7) is 4.36. The Morgan fingerprint density at radius 1 is 0.900 bits per heavy atom. The summed E-state index contributed by atoms with van der Waals surface area (Å²) in [4.78, 5) is 19.1. The van der Waals surface area contributed by atoms with Crippen molar-refractivity contribution < 1.29 is 9.90 Å². The van der Waals surface area contributed by atoms with Gasteiger partial charge in [-0.2, -0.15) is 0 Å². The number of aromatic carboxylic acids is 1. The molecule has 3 aromatic rings. The van der Waals surface area contributed by atoms with Gasteiger partial charge in [-0.15, -0.1) is 0 Å². The normalized spacial score (nSPS) is 16.7. The molecule has 0 aliphatic heterocycles. The van der Waals surface area contributed by atoms with Crippen molar-refractivity contribution in [2.45, 2.75) is 71.1 Å². The van der Waals surface area contributed by atoms with E-state index in [4.69, 9.17) is 0 Å². The van der Waals surface area contributed by atoms with E-state index in [1.165, 1.54) is 51.9 Å². The lowest BCUT2D eigenvalue weighted by atomic mass is 9.79. The van der Waals surface area contributed by atoms with E-state index in [1.807, 2.05) is 0 Å². The number of benzene rings is 1. The van der Waals surface area contributed by atoms with Crippen LogP contribution in [0.5, 0.6) is 0 Å². The molecule has 0 saturated carbocycles. The third-order valence-electron chi connectivity index (χ3n) is 7.21. The number of hydrogen-bond acceptors (Lipinski definition) is 1. The van der Waals surface area contributed by atoms with Gasteiger partial charge in [0.1, 0.15) is 5.69 Å². The highest BCUT2D eigenvalue weighted by Gasteiger charge is 2.33. The molecule has 2 heterocycles. The highest BCUT2D eigenvalue weighted by atomic mass is 16.4. The Bertz CT molecular complexity index is 1100. The molecule has 30 heavy (non-hydrogen) atoms. The number of aromatic amines is 2. The average molecular weight is 403 g/mol. The predicted octanol–water partition coefficient (Wildman–Crippen LogP) is 5.60. The van der Waals surface area contributed by atoms with E-state index in [9.17, 15) is 9.90 Å². The second-order valence-electron chi connectivity index (χ2n) is 9.03. The van der Waals surface area contributed by atoms with E-state index in [-0.39, 0.29) is 5.92 Å². The van der Waals surface area contributed by atoms with Gasteiger partial charge in [0.25, 0.3) is 0 Å². The maximum absolute atomic E-state index is 12.1. The quantitative estimate of drug-likeness (QED) is 0.532. The molecule has 0 radical (unpaired) electrons. The Morgan fingerprint density at radius 3 is 2.23 bits per heavy atom. The minimum absolute atomic E-state index is 0.0213. The van der Waals surface area contributed by atoms with Crippen LogP contribution in [0.2, 0.25) is 0 Å². The highest BCUT2D eigenvalue weighted by molar-refractivity contribution is 5.88. The monoisotopic (exact) mass is 402 g/mol. The van der Waals surface area contributed by atoms with E-state index in [2.05, 4.69) is 48.2 Å². The summed E-state index contributed by atoms with van der Waals surface area (Å²) in [7, 11) is 0. The first-order chi connectivity index (χ1) is 14.6. The number of nitrogens with one attached hydrogen (secondary N) is 2. The Labute approximate surface area is 177 Å². The topological polar surface area (TPSA) is 68.9 Å². The van der Waals surface area contributed by atoms with E-state index < -0.39 is 5.97 Å². The van der Waals surface area contributed by atoms with Gasteiger partial charge in [0, 0.05) is 17.6 Å². The summed E-state index contributed by atoms with van der Waals surface area (Å²) >= 11 is 0. The Morgan fingerprint density at radius 2 is 1.53 bits per heavy atom. The maximum Gasteiger partial charge on any atom is 0.352 e. The van der Waals surface area contributed by atoms with Gasteiger partial charge in [-0.05, 0) is 104 Å². The summed E-state index contributed by atoms with van der Waals surface area (Å²) in [5, 5.41) is 9.90. The molecular weight excluding hydrogens is 372 g/mol. The van der Waals surface area contributed by atoms with Crippen LogP contribution in [-0.2, 0) is 25.7 Å². The number of aromatic nitrogens is 2. The van der Waals surface area contributed by atoms with Crippen LogP contribution in [0.15, 0.2) is 24.4 Å². The molecule has 1 unspecified atom stereocenters. The molecule has 0 spiro atoms. The van der Waals surface area contributed by atoms with Crippen LogP contribution < -0.4 is 0 Å². The molecule has 4 heteroatoms. The van der Waals surface area contributed by atoms with Crippen molar-refractivity contribution in [3.63, 3.8) is 0 Å². The molecule has 1 aromatic carbocycles. The number of H-pyrrole nitrogens is 2. The first-order valence-electron chi connectivity index (χ1n) is 11.3. The SMILES string of the molecule is Cc1cccc(C)c1C(c1[nH]cc2c1CCCC2)c1[nH]c(C(=O)O)c2c1CCCC2. The average Bonchev–Trinajstić information content (AvgIpc) is 3.33. The van der Waals surface area contributed by atoms with E-state index in [1.54, 1.807) is 0 Å². The third kappa shape index (κ3) is 3.01. The summed E-state index contributed by atoms with van der Waals surface area (Å²) in [5.41, 5.74) is 11.7. The Balaban J connectivity index is 1.79. The molecule has 5 rings (SSSR count). The standard InChI is InChI=1S/C26H30N2O2/c1-15-8-7-9-16(2)21(15)22(23-18-11-4-3-10-17(18)14-27-23)24-19-12-5-6-13-20(19)25(28-24)26(29)30/h7-9,14,22,27-28H,3-6,10-13H2,1-2H3,(H,29,30). The second-order valence-corrected chi connectivity index (χ2v) is 9.03. The van der Waals surface area contributed by atoms with Crippen LogP contribution in [0.25, 0.3) is 0 Å². The van der Waals surface area contributed by atoms with Gasteiger partial charge in [-0.25, -0.2) is 4.79 Å². The number of aryl methyl sites for hydroxylation is 3. The summed E-state index contributed by atoms with van der Waals surface area (Å²) in [6, 6.07) is 6.47.